The molecule has 0 bridgehead atoms. The normalized spacial score (nSPS) is 11.2. The molecular formula is C23H20N4O. The van der Waals surface area contributed by atoms with Crippen LogP contribution < -0.4 is 11.0 Å². The predicted octanol–water partition coefficient (Wildman–Crippen LogP) is 4.45. The van der Waals surface area contributed by atoms with E-state index in [1.54, 1.807) is 16.8 Å². The summed E-state index contributed by atoms with van der Waals surface area (Å²) in [7, 11) is 0. The maximum Gasteiger partial charge on any atom is 0.267 e. The van der Waals surface area contributed by atoms with Gasteiger partial charge in [0.15, 0.2) is 0 Å². The fourth-order valence-electron chi connectivity index (χ4n) is 3.15. The first kappa shape index (κ1) is 17.7. The Morgan fingerprint density at radius 1 is 0.964 bits per heavy atom. The first-order valence-electron chi connectivity index (χ1n) is 9.07. The average molecular weight is 368 g/mol. The predicted molar refractivity (Wildman–Crippen MR) is 114 cm³/mol. The molecule has 0 fully saturated rings. The highest BCUT2D eigenvalue weighted by Crippen LogP contribution is 2.16. The lowest BCUT2D eigenvalue weighted by Gasteiger charge is -2.12. The van der Waals surface area contributed by atoms with Crippen molar-refractivity contribution in [1.82, 2.24) is 9.55 Å². The van der Waals surface area contributed by atoms with E-state index in [1.165, 1.54) is 5.56 Å². The molecule has 28 heavy (non-hydrogen) atoms. The number of aromatic nitrogens is 2. The van der Waals surface area contributed by atoms with Gasteiger partial charge in [-0.3, -0.25) is 4.79 Å². The van der Waals surface area contributed by atoms with Crippen molar-refractivity contribution >= 4 is 23.1 Å². The van der Waals surface area contributed by atoms with Crippen LogP contribution in [0.1, 0.15) is 16.7 Å². The molecule has 4 rings (SSSR count). The van der Waals surface area contributed by atoms with Crippen LogP contribution in [0.5, 0.6) is 0 Å². The molecule has 0 aliphatic carbocycles. The lowest BCUT2D eigenvalue weighted by Crippen LogP contribution is -2.22. The number of aryl methyl sites for hydroxylation is 2. The van der Waals surface area contributed by atoms with Gasteiger partial charge in [-0.25, -0.2) is 15.0 Å². The molecule has 0 aliphatic rings. The van der Waals surface area contributed by atoms with E-state index in [0.29, 0.717) is 16.9 Å². The summed E-state index contributed by atoms with van der Waals surface area (Å²) >= 11 is 0. The molecule has 4 aromatic rings. The fourth-order valence-corrected chi connectivity index (χ4v) is 3.15. The Bertz CT molecular complexity index is 1230. The van der Waals surface area contributed by atoms with Gasteiger partial charge in [0.05, 0.1) is 22.8 Å². The van der Waals surface area contributed by atoms with E-state index in [2.05, 4.69) is 28.5 Å². The molecule has 5 heteroatoms. The zero-order valence-electron chi connectivity index (χ0n) is 15.8. The van der Waals surface area contributed by atoms with E-state index in [-0.39, 0.29) is 5.56 Å². The molecule has 0 aliphatic heterocycles. The second-order valence-corrected chi connectivity index (χ2v) is 6.66. The Kier molecular flexibility index (Phi) is 4.72. The molecular weight excluding hydrogens is 348 g/mol. The van der Waals surface area contributed by atoms with Gasteiger partial charge in [0.2, 0.25) is 5.95 Å². The van der Waals surface area contributed by atoms with Crippen LogP contribution in [-0.4, -0.2) is 15.8 Å². The third-order valence-electron chi connectivity index (χ3n) is 4.58. The van der Waals surface area contributed by atoms with Gasteiger partial charge in [0.25, 0.3) is 5.56 Å². The van der Waals surface area contributed by atoms with Crippen LogP contribution in [0.3, 0.4) is 0 Å². The summed E-state index contributed by atoms with van der Waals surface area (Å²) in [6, 6.07) is 22.9. The molecule has 0 amide bonds. The van der Waals surface area contributed by atoms with Crippen molar-refractivity contribution in [2.24, 2.45) is 5.10 Å². The molecule has 5 nitrogen and oxygen atoms in total. The van der Waals surface area contributed by atoms with Crippen molar-refractivity contribution < 1.29 is 0 Å². The SMILES string of the molecule is Cc1ccc(/C=N/Nc2nc3ccccc3c(=O)n2-c2ccccc2)c(C)c1. The molecule has 1 heterocycles. The van der Waals surface area contributed by atoms with Crippen LogP contribution >= 0.6 is 0 Å². The monoisotopic (exact) mass is 368 g/mol. The van der Waals surface area contributed by atoms with E-state index >= 15 is 0 Å². The maximum atomic E-state index is 13.1. The third kappa shape index (κ3) is 3.42. The van der Waals surface area contributed by atoms with Crippen molar-refractivity contribution in [2.45, 2.75) is 13.8 Å². The summed E-state index contributed by atoms with van der Waals surface area (Å²) in [4.78, 5) is 17.7. The summed E-state index contributed by atoms with van der Waals surface area (Å²) in [5, 5.41) is 4.90. The van der Waals surface area contributed by atoms with Crippen molar-refractivity contribution in [3.63, 3.8) is 0 Å². The number of hydrogen-bond acceptors (Lipinski definition) is 4. The standard InChI is InChI=1S/C23H20N4O/c1-16-12-13-18(17(2)14-16)15-24-26-23-25-21-11-7-6-10-20(21)22(28)27(23)19-8-4-3-5-9-19/h3-15H,1-2H3,(H,25,26)/b24-15+. The van der Waals surface area contributed by atoms with Gasteiger partial charge in [-0.15, -0.1) is 0 Å². The van der Waals surface area contributed by atoms with E-state index in [1.807, 2.05) is 67.6 Å². The van der Waals surface area contributed by atoms with Gasteiger partial charge in [-0.1, -0.05) is 54.1 Å². The summed E-state index contributed by atoms with van der Waals surface area (Å²) in [6.07, 6.45) is 1.74. The Morgan fingerprint density at radius 3 is 2.50 bits per heavy atom. The van der Waals surface area contributed by atoms with Crippen LogP contribution in [0, 0.1) is 13.8 Å². The van der Waals surface area contributed by atoms with Crippen LogP contribution in [-0.2, 0) is 0 Å². The number of hydrogen-bond donors (Lipinski definition) is 1. The highest BCUT2D eigenvalue weighted by molar-refractivity contribution is 5.83. The Labute approximate surface area is 163 Å². The van der Waals surface area contributed by atoms with Crippen molar-refractivity contribution in [3.05, 3.63) is 99.8 Å². The van der Waals surface area contributed by atoms with Gasteiger partial charge < -0.3 is 0 Å². The second-order valence-electron chi connectivity index (χ2n) is 6.66. The van der Waals surface area contributed by atoms with Gasteiger partial charge in [0, 0.05) is 0 Å². The number of hydrazone groups is 1. The van der Waals surface area contributed by atoms with E-state index in [9.17, 15) is 4.79 Å². The molecule has 0 spiro atoms. The number of benzene rings is 3. The fraction of sp³-hybridized carbons (Fsp3) is 0.0870. The number of nitrogens with one attached hydrogen (secondary N) is 1. The van der Waals surface area contributed by atoms with Crippen molar-refractivity contribution in [2.75, 3.05) is 5.43 Å². The van der Waals surface area contributed by atoms with E-state index in [0.717, 1.165) is 16.8 Å². The molecule has 0 radical (unpaired) electrons. The van der Waals surface area contributed by atoms with Crippen LogP contribution in [0.2, 0.25) is 0 Å². The summed E-state index contributed by atoms with van der Waals surface area (Å²) in [6.45, 7) is 4.10. The van der Waals surface area contributed by atoms with Gasteiger partial charge in [0.1, 0.15) is 0 Å². The third-order valence-corrected chi connectivity index (χ3v) is 4.58. The summed E-state index contributed by atoms with van der Waals surface area (Å²) in [5.41, 5.74) is 7.53. The zero-order chi connectivity index (χ0) is 19.5. The quantitative estimate of drug-likeness (QED) is 0.428. The molecule has 0 unspecified atom stereocenters. The van der Waals surface area contributed by atoms with Gasteiger partial charge in [-0.2, -0.15) is 5.10 Å². The van der Waals surface area contributed by atoms with Crippen LogP contribution in [0.15, 0.2) is 82.7 Å². The highest BCUT2D eigenvalue weighted by atomic mass is 16.1. The molecule has 3 aromatic carbocycles. The average Bonchev–Trinajstić information content (AvgIpc) is 2.70. The van der Waals surface area contributed by atoms with Gasteiger partial charge in [-0.05, 0) is 49.2 Å². The summed E-state index contributed by atoms with van der Waals surface area (Å²) < 4.78 is 1.54. The van der Waals surface area contributed by atoms with E-state index in [4.69, 9.17) is 0 Å². The highest BCUT2D eigenvalue weighted by Gasteiger charge is 2.12. The minimum atomic E-state index is -0.138. The van der Waals surface area contributed by atoms with Crippen molar-refractivity contribution in [1.29, 1.82) is 0 Å². The topological polar surface area (TPSA) is 59.3 Å². The molecule has 0 atom stereocenters. The summed E-state index contributed by atoms with van der Waals surface area (Å²) in [5.74, 6) is 0.371. The second kappa shape index (κ2) is 7.48. The molecule has 0 saturated carbocycles. The number of anilines is 1. The minimum Gasteiger partial charge on any atom is -0.268 e. The van der Waals surface area contributed by atoms with Crippen LogP contribution in [0.25, 0.3) is 16.6 Å². The van der Waals surface area contributed by atoms with Crippen LogP contribution in [0.4, 0.5) is 5.95 Å². The number of para-hydroxylation sites is 2. The Balaban J connectivity index is 1.79. The number of nitrogens with zero attached hydrogens (tertiary/aromatic N) is 3. The smallest absolute Gasteiger partial charge is 0.267 e. The van der Waals surface area contributed by atoms with Gasteiger partial charge >= 0.3 is 0 Å². The van der Waals surface area contributed by atoms with Crippen molar-refractivity contribution in [3.8, 4) is 5.69 Å². The minimum absolute atomic E-state index is 0.138. The molecule has 0 saturated heterocycles. The molecule has 138 valence electrons. The lowest BCUT2D eigenvalue weighted by molar-refractivity contribution is 0.956. The zero-order valence-corrected chi connectivity index (χ0v) is 15.8. The number of fused-ring (bicyclic) bond motifs is 1. The van der Waals surface area contributed by atoms with E-state index < -0.39 is 0 Å². The Hall–Kier alpha value is -3.73. The lowest BCUT2D eigenvalue weighted by atomic mass is 10.1. The first-order valence-corrected chi connectivity index (χ1v) is 9.07. The number of rotatable bonds is 4. The Morgan fingerprint density at radius 2 is 1.71 bits per heavy atom. The first-order chi connectivity index (χ1) is 13.6. The molecule has 1 aromatic heterocycles. The molecule has 1 N–H and O–H groups in total. The largest absolute Gasteiger partial charge is 0.268 e. The maximum absolute atomic E-state index is 13.1.